The summed E-state index contributed by atoms with van der Waals surface area (Å²) in [6, 6.07) is 4.30. The molecule has 0 aliphatic rings. The van der Waals surface area contributed by atoms with E-state index < -0.39 is 12.4 Å². The van der Waals surface area contributed by atoms with Crippen molar-refractivity contribution in [1.82, 2.24) is 5.32 Å². The third-order valence-corrected chi connectivity index (χ3v) is 2.93. The van der Waals surface area contributed by atoms with Crippen LogP contribution in [0.2, 0.25) is 0 Å². The fraction of sp³-hybridized carbons (Fsp3) is 0.462. The molecule has 21 heavy (non-hydrogen) atoms. The van der Waals surface area contributed by atoms with Crippen LogP contribution in [0.25, 0.3) is 0 Å². The number of alkyl halides is 3. The van der Waals surface area contributed by atoms with Gasteiger partial charge >= 0.3 is 12.4 Å². The van der Waals surface area contributed by atoms with Gasteiger partial charge in [0.2, 0.25) is 0 Å². The molecule has 118 valence electrons. The minimum absolute atomic E-state index is 0.110. The first-order valence-electron chi connectivity index (χ1n) is 6.34. The quantitative estimate of drug-likeness (QED) is 0.783. The first kappa shape index (κ1) is 17.1. The molecule has 0 saturated carbocycles. The zero-order valence-electron chi connectivity index (χ0n) is 11.7. The van der Waals surface area contributed by atoms with Gasteiger partial charge in [0.15, 0.2) is 0 Å². The summed E-state index contributed by atoms with van der Waals surface area (Å²) >= 11 is 0. The van der Waals surface area contributed by atoms with Crippen LogP contribution in [0.15, 0.2) is 24.3 Å². The van der Waals surface area contributed by atoms with Gasteiger partial charge in [0.1, 0.15) is 5.75 Å². The smallest absolute Gasteiger partial charge is 0.406 e. The highest BCUT2D eigenvalue weighted by atomic mass is 19.4. The Kier molecular flexibility index (Phi) is 5.83. The molecule has 0 heterocycles. The highest BCUT2D eigenvalue weighted by molar-refractivity contribution is 5.89. The fourth-order valence-corrected chi connectivity index (χ4v) is 1.46. The van der Waals surface area contributed by atoms with Crippen LogP contribution in [-0.2, 0) is 0 Å². The van der Waals surface area contributed by atoms with Crippen molar-refractivity contribution in [3.8, 4) is 5.75 Å². The number of amides is 2. The number of nitrogens with one attached hydrogen (secondary N) is 2. The summed E-state index contributed by atoms with van der Waals surface area (Å²) in [6.45, 7) is 4.15. The average molecular weight is 305 g/mol. The van der Waals surface area contributed by atoms with Crippen LogP contribution in [-0.4, -0.2) is 25.0 Å². The predicted octanol–water partition coefficient (Wildman–Crippen LogP) is 2.69. The highest BCUT2D eigenvalue weighted by Crippen LogP contribution is 2.23. The second kappa shape index (κ2) is 7.16. The number of carbonyl (C=O) groups is 1. The van der Waals surface area contributed by atoms with E-state index in [0.29, 0.717) is 12.2 Å². The van der Waals surface area contributed by atoms with E-state index in [1.807, 2.05) is 13.8 Å². The van der Waals surface area contributed by atoms with Gasteiger partial charge in [-0.25, -0.2) is 4.79 Å². The van der Waals surface area contributed by atoms with Crippen LogP contribution in [0.5, 0.6) is 5.75 Å². The van der Waals surface area contributed by atoms with Crippen molar-refractivity contribution in [3.05, 3.63) is 24.3 Å². The molecule has 2 amide bonds. The lowest BCUT2D eigenvalue weighted by Crippen LogP contribution is -2.41. The predicted molar refractivity (Wildman–Crippen MR) is 73.0 cm³/mol. The summed E-state index contributed by atoms with van der Waals surface area (Å²) in [5.41, 5.74) is 5.85. The second-order valence-corrected chi connectivity index (χ2v) is 4.67. The lowest BCUT2D eigenvalue weighted by atomic mass is 10.0. The van der Waals surface area contributed by atoms with Gasteiger partial charge in [-0.2, -0.15) is 0 Å². The van der Waals surface area contributed by atoms with Gasteiger partial charge in [0.25, 0.3) is 0 Å². The number of carbonyl (C=O) groups excluding carboxylic acids is 1. The third-order valence-electron chi connectivity index (χ3n) is 2.93. The molecular weight excluding hydrogens is 287 g/mol. The summed E-state index contributed by atoms with van der Waals surface area (Å²) in [4.78, 5) is 11.7. The molecule has 0 aliphatic heterocycles. The van der Waals surface area contributed by atoms with Crippen molar-refractivity contribution < 1.29 is 22.7 Å². The number of halogens is 3. The monoisotopic (exact) mass is 305 g/mol. The van der Waals surface area contributed by atoms with Gasteiger partial charge in [-0.3, -0.25) is 0 Å². The summed E-state index contributed by atoms with van der Waals surface area (Å²) in [7, 11) is 0. The van der Waals surface area contributed by atoms with E-state index in [1.54, 1.807) is 0 Å². The minimum atomic E-state index is -4.74. The zero-order valence-corrected chi connectivity index (χ0v) is 11.7. The molecule has 1 aromatic rings. The van der Waals surface area contributed by atoms with E-state index in [-0.39, 0.29) is 17.7 Å². The largest absolute Gasteiger partial charge is 0.573 e. The molecule has 0 radical (unpaired) electrons. The highest BCUT2D eigenvalue weighted by Gasteiger charge is 2.30. The summed E-state index contributed by atoms with van der Waals surface area (Å²) in [6.07, 6.45) is -4.74. The zero-order chi connectivity index (χ0) is 16.0. The van der Waals surface area contributed by atoms with Crippen molar-refractivity contribution in [1.29, 1.82) is 0 Å². The van der Waals surface area contributed by atoms with E-state index in [0.717, 1.165) is 12.1 Å². The van der Waals surface area contributed by atoms with Gasteiger partial charge < -0.3 is 21.1 Å². The molecule has 8 heteroatoms. The van der Waals surface area contributed by atoms with Crippen LogP contribution in [0.1, 0.15) is 13.8 Å². The molecular formula is C13H18F3N3O2. The second-order valence-electron chi connectivity index (χ2n) is 4.67. The summed E-state index contributed by atoms with van der Waals surface area (Å²) < 4.78 is 39.7. The van der Waals surface area contributed by atoms with Gasteiger partial charge in [-0.1, -0.05) is 6.92 Å². The molecule has 0 aliphatic carbocycles. The Morgan fingerprint density at radius 3 is 2.33 bits per heavy atom. The van der Waals surface area contributed by atoms with Gasteiger partial charge in [-0.05, 0) is 43.7 Å². The molecule has 5 nitrogen and oxygen atoms in total. The molecule has 2 atom stereocenters. The number of benzene rings is 1. The van der Waals surface area contributed by atoms with Gasteiger partial charge in [-0.15, -0.1) is 13.2 Å². The van der Waals surface area contributed by atoms with E-state index in [1.165, 1.54) is 12.1 Å². The Morgan fingerprint density at radius 2 is 1.86 bits per heavy atom. The molecule has 0 bridgehead atoms. The molecule has 0 aromatic heterocycles. The molecule has 4 N–H and O–H groups in total. The molecule has 0 saturated heterocycles. The van der Waals surface area contributed by atoms with Crippen molar-refractivity contribution >= 4 is 11.7 Å². The van der Waals surface area contributed by atoms with Crippen LogP contribution in [0.3, 0.4) is 0 Å². The van der Waals surface area contributed by atoms with E-state index in [9.17, 15) is 18.0 Å². The number of hydrogen-bond acceptors (Lipinski definition) is 3. The Bertz CT molecular complexity index is 463. The lowest BCUT2D eigenvalue weighted by Gasteiger charge is -2.20. The number of hydrogen-bond donors (Lipinski definition) is 3. The van der Waals surface area contributed by atoms with Crippen molar-refractivity contribution in [2.24, 2.45) is 11.7 Å². The number of anilines is 1. The first-order chi connectivity index (χ1) is 9.71. The Hall–Kier alpha value is -1.96. The molecule has 1 aromatic carbocycles. The summed E-state index contributed by atoms with van der Waals surface area (Å²) in [5, 5.41) is 5.20. The van der Waals surface area contributed by atoms with Crippen LogP contribution in [0.4, 0.5) is 23.7 Å². The van der Waals surface area contributed by atoms with E-state index in [4.69, 9.17) is 5.73 Å². The number of ether oxygens (including phenoxy) is 1. The van der Waals surface area contributed by atoms with Crippen LogP contribution < -0.4 is 21.1 Å². The maximum atomic E-state index is 12.0. The Morgan fingerprint density at radius 1 is 1.29 bits per heavy atom. The van der Waals surface area contributed by atoms with Gasteiger partial charge in [0, 0.05) is 11.7 Å². The maximum Gasteiger partial charge on any atom is 0.573 e. The fourth-order valence-electron chi connectivity index (χ4n) is 1.46. The first-order valence-corrected chi connectivity index (χ1v) is 6.34. The topological polar surface area (TPSA) is 76.4 Å². The number of nitrogens with two attached hydrogens (primary N) is 1. The Labute approximate surface area is 120 Å². The SMILES string of the molecule is CC(CN)C(C)NC(=O)Nc1ccc(OC(F)(F)F)cc1. The Balaban J connectivity index is 2.54. The van der Waals surface area contributed by atoms with E-state index >= 15 is 0 Å². The van der Waals surface area contributed by atoms with Crippen molar-refractivity contribution in [2.45, 2.75) is 26.3 Å². The number of urea groups is 1. The summed E-state index contributed by atoms with van der Waals surface area (Å²) in [5.74, 6) is -0.239. The maximum absolute atomic E-state index is 12.0. The molecule has 0 spiro atoms. The lowest BCUT2D eigenvalue weighted by molar-refractivity contribution is -0.274. The average Bonchev–Trinajstić information content (AvgIpc) is 2.38. The molecule has 1 rings (SSSR count). The van der Waals surface area contributed by atoms with Crippen molar-refractivity contribution in [3.63, 3.8) is 0 Å². The van der Waals surface area contributed by atoms with Crippen LogP contribution >= 0.6 is 0 Å². The van der Waals surface area contributed by atoms with Crippen LogP contribution in [0, 0.1) is 5.92 Å². The van der Waals surface area contributed by atoms with Crippen molar-refractivity contribution in [2.75, 3.05) is 11.9 Å². The third kappa shape index (κ3) is 6.35. The molecule has 0 fully saturated rings. The number of rotatable bonds is 5. The molecule has 2 unspecified atom stereocenters. The van der Waals surface area contributed by atoms with E-state index in [2.05, 4.69) is 15.4 Å². The minimum Gasteiger partial charge on any atom is -0.406 e. The normalized spacial score (nSPS) is 14.2. The standard InChI is InChI=1S/C13H18F3N3O2/c1-8(7-17)9(2)18-12(20)19-10-3-5-11(6-4-10)21-13(14,15)16/h3-6,8-9H,7,17H2,1-2H3,(H2,18,19,20). The van der Waals surface area contributed by atoms with Gasteiger partial charge in [0.05, 0.1) is 0 Å².